The molecule has 1 atom stereocenters. The molecule has 1 amide bonds. The second-order valence-electron chi connectivity index (χ2n) is 9.21. The first-order valence-corrected chi connectivity index (χ1v) is 12.3. The second-order valence-corrected chi connectivity index (χ2v) is 9.21. The van der Waals surface area contributed by atoms with Gasteiger partial charge in [-0.3, -0.25) is 9.59 Å². The number of Topliss-reactive ketones (excluding diaryl/α,β-unsaturated/α-hetero) is 1. The Bertz CT molecular complexity index is 1410. The fourth-order valence-corrected chi connectivity index (χ4v) is 4.59. The van der Waals surface area contributed by atoms with Crippen molar-refractivity contribution >= 4 is 29.5 Å². The van der Waals surface area contributed by atoms with Crippen molar-refractivity contribution in [2.24, 2.45) is 0 Å². The first-order chi connectivity index (χ1) is 18.3. The molecule has 1 aliphatic rings. The summed E-state index contributed by atoms with van der Waals surface area (Å²) in [6, 6.07) is 17.8. The molecule has 0 bridgehead atoms. The van der Waals surface area contributed by atoms with Gasteiger partial charge in [-0.1, -0.05) is 12.1 Å². The molecule has 3 aromatic rings. The molecule has 0 aromatic heterocycles. The zero-order chi connectivity index (χ0) is 27.2. The number of ether oxygens (including phenoxy) is 3. The highest BCUT2D eigenvalue weighted by Gasteiger charge is 2.29. The number of hydrogen-bond donors (Lipinski definition) is 2. The molecule has 0 spiro atoms. The molecule has 38 heavy (non-hydrogen) atoms. The summed E-state index contributed by atoms with van der Waals surface area (Å²) in [5, 5.41) is 3.10. The van der Waals surface area contributed by atoms with Crippen LogP contribution in [0.5, 0.6) is 17.2 Å². The summed E-state index contributed by atoms with van der Waals surface area (Å²) in [5.74, 6) is 1.70. The molecule has 3 N–H and O–H groups in total. The molecule has 1 aliphatic carbocycles. The summed E-state index contributed by atoms with van der Waals surface area (Å²) in [7, 11) is 4.78. The summed E-state index contributed by atoms with van der Waals surface area (Å²) in [5.41, 5.74) is 10.8. The van der Waals surface area contributed by atoms with Crippen LogP contribution in [0, 0.1) is 6.92 Å². The highest BCUT2D eigenvalue weighted by Crippen LogP contribution is 2.32. The molecule has 7 nitrogen and oxygen atoms in total. The van der Waals surface area contributed by atoms with E-state index in [1.54, 1.807) is 51.7 Å². The second kappa shape index (κ2) is 11.7. The maximum absolute atomic E-state index is 13.6. The van der Waals surface area contributed by atoms with Gasteiger partial charge in [0.15, 0.2) is 17.3 Å². The molecule has 7 heteroatoms. The number of hydrogen-bond acceptors (Lipinski definition) is 6. The maximum atomic E-state index is 13.6. The third-order valence-electron chi connectivity index (χ3n) is 6.53. The van der Waals surface area contributed by atoms with Crippen molar-refractivity contribution in [1.82, 2.24) is 5.32 Å². The van der Waals surface area contributed by atoms with E-state index in [9.17, 15) is 9.59 Å². The highest BCUT2D eigenvalue weighted by molar-refractivity contribution is 6.14. The fraction of sp³-hybridized carbons (Fsp3) is 0.226. The van der Waals surface area contributed by atoms with Crippen molar-refractivity contribution < 1.29 is 23.8 Å². The van der Waals surface area contributed by atoms with Crippen LogP contribution in [0.2, 0.25) is 0 Å². The van der Waals surface area contributed by atoms with Crippen molar-refractivity contribution in [2.75, 3.05) is 27.1 Å². The zero-order valence-corrected chi connectivity index (χ0v) is 22.0. The van der Waals surface area contributed by atoms with Gasteiger partial charge in [0.25, 0.3) is 5.91 Å². The van der Waals surface area contributed by atoms with Gasteiger partial charge >= 0.3 is 0 Å². The number of amides is 1. The van der Waals surface area contributed by atoms with Gasteiger partial charge in [0, 0.05) is 28.4 Å². The third-order valence-corrected chi connectivity index (χ3v) is 6.53. The van der Waals surface area contributed by atoms with Crippen molar-refractivity contribution in [2.45, 2.75) is 25.8 Å². The van der Waals surface area contributed by atoms with Crippen LogP contribution in [-0.4, -0.2) is 39.1 Å². The van der Waals surface area contributed by atoms with E-state index in [1.165, 1.54) is 0 Å². The molecule has 0 saturated heterocycles. The maximum Gasteiger partial charge on any atom is 0.251 e. The molecule has 1 unspecified atom stereocenters. The number of nitrogen functional groups attached to an aromatic ring is 1. The fourth-order valence-electron chi connectivity index (χ4n) is 4.59. The van der Waals surface area contributed by atoms with Crippen LogP contribution >= 0.6 is 0 Å². The van der Waals surface area contributed by atoms with Crippen LogP contribution in [0.15, 0.2) is 71.8 Å². The van der Waals surface area contributed by atoms with Gasteiger partial charge in [-0.25, -0.2) is 0 Å². The van der Waals surface area contributed by atoms with Crippen molar-refractivity contribution in [3.8, 4) is 17.2 Å². The van der Waals surface area contributed by atoms with Crippen LogP contribution in [0.25, 0.3) is 12.2 Å². The van der Waals surface area contributed by atoms with E-state index in [0.29, 0.717) is 46.7 Å². The Labute approximate surface area is 222 Å². The summed E-state index contributed by atoms with van der Waals surface area (Å²) >= 11 is 0. The van der Waals surface area contributed by atoms with E-state index >= 15 is 0 Å². The number of carbonyl (C=O) groups is 2. The Morgan fingerprint density at radius 3 is 1.92 bits per heavy atom. The van der Waals surface area contributed by atoms with Crippen LogP contribution < -0.4 is 25.3 Å². The molecule has 1 saturated carbocycles. The van der Waals surface area contributed by atoms with E-state index in [2.05, 4.69) is 5.32 Å². The topological polar surface area (TPSA) is 99.9 Å². The summed E-state index contributed by atoms with van der Waals surface area (Å²) in [4.78, 5) is 26.6. The Kier molecular flexibility index (Phi) is 8.16. The Morgan fingerprint density at radius 1 is 0.816 bits per heavy atom. The van der Waals surface area contributed by atoms with Crippen molar-refractivity contribution in [3.05, 3.63) is 94.1 Å². The Balaban J connectivity index is 1.69. The van der Waals surface area contributed by atoms with Gasteiger partial charge < -0.3 is 25.3 Å². The average molecular weight is 513 g/mol. The lowest BCUT2D eigenvalue weighted by Crippen LogP contribution is -2.39. The zero-order valence-electron chi connectivity index (χ0n) is 22.0. The number of anilines is 1. The molecule has 0 aliphatic heterocycles. The summed E-state index contributed by atoms with van der Waals surface area (Å²) < 4.78 is 16.1. The number of benzene rings is 3. The minimum Gasteiger partial charge on any atom is -0.496 e. The van der Waals surface area contributed by atoms with Crippen LogP contribution in [-0.2, 0) is 4.79 Å². The largest absolute Gasteiger partial charge is 0.496 e. The van der Waals surface area contributed by atoms with E-state index in [0.717, 1.165) is 22.4 Å². The minimum atomic E-state index is -0.269. The van der Waals surface area contributed by atoms with E-state index in [-0.39, 0.29) is 17.7 Å². The van der Waals surface area contributed by atoms with Gasteiger partial charge in [0.05, 0.1) is 21.3 Å². The minimum absolute atomic E-state index is 0.0498. The lowest BCUT2D eigenvalue weighted by atomic mass is 9.83. The third kappa shape index (κ3) is 6.06. The molecule has 4 rings (SSSR count). The van der Waals surface area contributed by atoms with E-state index in [1.807, 2.05) is 49.4 Å². The first kappa shape index (κ1) is 26.5. The predicted molar refractivity (Wildman–Crippen MR) is 150 cm³/mol. The first-order valence-electron chi connectivity index (χ1n) is 12.3. The average Bonchev–Trinajstić information content (AvgIpc) is 2.91. The molecular weight excluding hydrogens is 480 g/mol. The number of methoxy groups -OCH3 is 3. The molecule has 0 heterocycles. The Hall–Kier alpha value is -4.52. The number of nitrogens with two attached hydrogens (primary N) is 1. The molecular formula is C31H32N2O5. The Morgan fingerprint density at radius 2 is 1.37 bits per heavy atom. The van der Waals surface area contributed by atoms with E-state index in [4.69, 9.17) is 19.9 Å². The molecule has 0 radical (unpaired) electrons. The predicted octanol–water partition coefficient (Wildman–Crippen LogP) is 5.23. The number of rotatable bonds is 7. The van der Waals surface area contributed by atoms with Crippen molar-refractivity contribution in [3.63, 3.8) is 0 Å². The van der Waals surface area contributed by atoms with E-state index < -0.39 is 0 Å². The van der Waals surface area contributed by atoms with Crippen LogP contribution in [0.1, 0.15) is 39.9 Å². The normalized spacial score (nSPS) is 17.4. The number of aryl methyl sites for hydroxylation is 1. The standard InChI is InChI=1S/C31H32N2O5/c1-19-13-20(5-11-27(19)36-2)14-23-17-26(33-31(35)22-7-9-25(32)10-8-22)18-24(30(23)34)15-21-6-12-28(37-3)29(16-21)38-4/h5-16,26H,17-18,32H2,1-4H3,(H,33,35)/b23-14+,24-15+. The number of ketones is 1. The van der Waals surface area contributed by atoms with Crippen molar-refractivity contribution in [1.29, 1.82) is 0 Å². The summed E-state index contributed by atoms with van der Waals surface area (Å²) in [6.07, 6.45) is 4.54. The monoisotopic (exact) mass is 512 g/mol. The van der Waals surface area contributed by atoms with Crippen LogP contribution in [0.4, 0.5) is 5.69 Å². The summed E-state index contributed by atoms with van der Waals surface area (Å²) in [6.45, 7) is 1.96. The van der Waals surface area contributed by atoms with Crippen LogP contribution in [0.3, 0.4) is 0 Å². The van der Waals surface area contributed by atoms with Gasteiger partial charge in [0.2, 0.25) is 0 Å². The van der Waals surface area contributed by atoms with Gasteiger partial charge in [-0.2, -0.15) is 0 Å². The lowest BCUT2D eigenvalue weighted by Gasteiger charge is -2.27. The van der Waals surface area contributed by atoms with Gasteiger partial charge in [-0.05, 0) is 97.1 Å². The van der Waals surface area contributed by atoms with Gasteiger partial charge in [-0.15, -0.1) is 0 Å². The SMILES string of the molecule is COc1ccc(/C=C2\CC(NC(=O)c3ccc(N)cc3)C/C(=C\c3ccc(OC)c(OC)c3)C2=O)cc1C. The van der Waals surface area contributed by atoms with Gasteiger partial charge in [0.1, 0.15) is 5.75 Å². The molecule has 1 fully saturated rings. The quantitative estimate of drug-likeness (QED) is 0.332. The highest BCUT2D eigenvalue weighted by atomic mass is 16.5. The molecule has 196 valence electrons. The lowest BCUT2D eigenvalue weighted by molar-refractivity contribution is -0.113. The number of nitrogens with one attached hydrogen (secondary N) is 1. The molecule has 3 aromatic carbocycles. The smallest absolute Gasteiger partial charge is 0.251 e. The number of carbonyl (C=O) groups excluding carboxylic acids is 2.